The Morgan fingerprint density at radius 3 is 2.53 bits per heavy atom. The summed E-state index contributed by atoms with van der Waals surface area (Å²) in [6, 6.07) is -1.05. The third kappa shape index (κ3) is 3.12. The van der Waals surface area contributed by atoms with Crippen LogP contribution in [0.2, 0.25) is 0 Å². The summed E-state index contributed by atoms with van der Waals surface area (Å²) < 4.78 is 11.0. The number of imide groups is 2. The van der Waals surface area contributed by atoms with Gasteiger partial charge in [-0.05, 0) is 20.3 Å². The molecule has 1 rings (SSSR count). The van der Waals surface area contributed by atoms with Crippen LogP contribution < -0.4 is 5.32 Å². The molecule has 0 aromatic rings. The van der Waals surface area contributed by atoms with Gasteiger partial charge in [-0.2, -0.15) is 0 Å². The minimum atomic E-state index is -0.965. The van der Waals surface area contributed by atoms with Gasteiger partial charge in [-0.25, -0.2) is 4.79 Å². The van der Waals surface area contributed by atoms with Crippen LogP contribution in [0.4, 0.5) is 4.79 Å². The Kier molecular flexibility index (Phi) is 4.39. The monoisotopic (exact) mass is 260 g/mol. The molecular formula is C10H16N2O4S. The maximum atomic E-state index is 11.8. The summed E-state index contributed by atoms with van der Waals surface area (Å²) >= 11 is 0. The van der Waals surface area contributed by atoms with Crippen LogP contribution in [0.3, 0.4) is 0 Å². The zero-order chi connectivity index (χ0) is 13.2. The van der Waals surface area contributed by atoms with Gasteiger partial charge in [0.15, 0.2) is 0 Å². The average Bonchev–Trinajstić information content (AvgIpc) is 2.23. The number of urea groups is 1. The van der Waals surface area contributed by atoms with E-state index in [-0.39, 0.29) is 6.04 Å². The number of rotatable bonds is 4. The summed E-state index contributed by atoms with van der Waals surface area (Å²) in [5.41, 5.74) is 0. The molecule has 1 aliphatic heterocycles. The lowest BCUT2D eigenvalue weighted by molar-refractivity contribution is -0.143. The van der Waals surface area contributed by atoms with E-state index in [0.29, 0.717) is 12.2 Å². The maximum absolute atomic E-state index is 11.8. The molecule has 7 heteroatoms. The molecule has 1 aliphatic rings. The molecule has 1 heterocycles. The largest absolute Gasteiger partial charge is 0.331 e. The van der Waals surface area contributed by atoms with E-state index in [2.05, 4.69) is 5.32 Å². The van der Waals surface area contributed by atoms with E-state index in [1.165, 1.54) is 6.92 Å². The van der Waals surface area contributed by atoms with Gasteiger partial charge in [0.25, 0.3) is 0 Å². The summed E-state index contributed by atoms with van der Waals surface area (Å²) in [5.74, 6) is -1.49. The van der Waals surface area contributed by atoms with Crippen molar-refractivity contribution in [3.8, 4) is 0 Å². The molecule has 6 nitrogen and oxygen atoms in total. The first-order valence-electron chi connectivity index (χ1n) is 5.32. The predicted molar refractivity (Wildman–Crippen MR) is 62.6 cm³/mol. The van der Waals surface area contributed by atoms with E-state index >= 15 is 0 Å². The minimum Gasteiger partial charge on any atom is -0.277 e. The van der Waals surface area contributed by atoms with Gasteiger partial charge >= 0.3 is 6.03 Å². The number of nitrogens with one attached hydrogen (secondary N) is 1. The molecule has 0 aromatic heterocycles. The number of hydrogen-bond acceptors (Lipinski definition) is 4. The van der Waals surface area contributed by atoms with Gasteiger partial charge in [-0.3, -0.25) is 24.0 Å². The minimum absolute atomic E-state index is 0.359. The summed E-state index contributed by atoms with van der Waals surface area (Å²) in [7, 11) is -0.965. The second-order valence-electron chi connectivity index (χ2n) is 4.14. The van der Waals surface area contributed by atoms with Crippen molar-refractivity contribution in [2.75, 3.05) is 12.0 Å². The second-order valence-corrected chi connectivity index (χ2v) is 5.69. The van der Waals surface area contributed by atoms with Crippen molar-refractivity contribution >= 4 is 28.6 Å². The number of hydrogen-bond donors (Lipinski definition) is 1. The molecule has 0 radical (unpaired) electrons. The zero-order valence-electron chi connectivity index (χ0n) is 10.1. The number of carbonyl (C=O) groups is 3. The molecule has 0 saturated carbocycles. The number of barbiturate groups is 1. The van der Waals surface area contributed by atoms with Crippen molar-refractivity contribution in [3.05, 3.63) is 0 Å². The topological polar surface area (TPSA) is 83.6 Å². The van der Waals surface area contributed by atoms with E-state index < -0.39 is 34.6 Å². The van der Waals surface area contributed by atoms with E-state index in [9.17, 15) is 18.6 Å². The fourth-order valence-electron chi connectivity index (χ4n) is 1.58. The van der Waals surface area contributed by atoms with Gasteiger partial charge in [0.05, 0.1) is 0 Å². The van der Waals surface area contributed by atoms with Crippen molar-refractivity contribution in [1.29, 1.82) is 0 Å². The summed E-state index contributed by atoms with van der Waals surface area (Å²) in [4.78, 5) is 35.6. The van der Waals surface area contributed by atoms with Crippen LogP contribution in [0.5, 0.6) is 0 Å². The Morgan fingerprint density at radius 2 is 2.00 bits per heavy atom. The lowest BCUT2D eigenvalue weighted by atomic mass is 10.1. The van der Waals surface area contributed by atoms with Crippen LogP contribution >= 0.6 is 0 Å². The second kappa shape index (κ2) is 5.39. The highest BCUT2D eigenvalue weighted by Gasteiger charge is 2.39. The first-order valence-corrected chi connectivity index (χ1v) is 7.05. The third-order valence-electron chi connectivity index (χ3n) is 2.71. The zero-order valence-corrected chi connectivity index (χ0v) is 10.9. The highest BCUT2D eigenvalue weighted by atomic mass is 32.2. The lowest BCUT2D eigenvalue weighted by Gasteiger charge is -2.32. The summed E-state index contributed by atoms with van der Waals surface area (Å²) in [6.07, 6.45) is 2.03. The van der Waals surface area contributed by atoms with Gasteiger partial charge in [-0.1, -0.05) is 0 Å². The molecule has 0 bridgehead atoms. The first-order chi connectivity index (χ1) is 7.84. The normalized spacial score (nSPS) is 24.5. The van der Waals surface area contributed by atoms with Crippen LogP contribution in [-0.2, 0) is 20.4 Å². The quantitative estimate of drug-likeness (QED) is 0.713. The molecule has 17 heavy (non-hydrogen) atoms. The Balaban J connectivity index is 2.74. The number of nitrogens with zero attached hydrogens (tertiary/aromatic N) is 1. The molecule has 1 N–H and O–H groups in total. The van der Waals surface area contributed by atoms with Crippen LogP contribution in [0.15, 0.2) is 0 Å². The standard InChI is InChI=1S/C10H16N2O4S/c1-6(4-5-17(3)16)12-9(14)7(2)8(13)11-10(12)15/h6-7H,4-5H2,1-3H3,(H,11,13,15). The van der Waals surface area contributed by atoms with E-state index in [1.807, 2.05) is 0 Å². The van der Waals surface area contributed by atoms with Crippen molar-refractivity contribution in [2.45, 2.75) is 26.3 Å². The number of amides is 4. The molecule has 1 fully saturated rings. The van der Waals surface area contributed by atoms with E-state index in [0.717, 1.165) is 4.90 Å². The fraction of sp³-hybridized carbons (Fsp3) is 0.700. The van der Waals surface area contributed by atoms with Crippen molar-refractivity contribution in [1.82, 2.24) is 10.2 Å². The molecule has 3 atom stereocenters. The molecule has 1 saturated heterocycles. The van der Waals surface area contributed by atoms with Crippen molar-refractivity contribution in [2.24, 2.45) is 5.92 Å². The average molecular weight is 260 g/mol. The lowest BCUT2D eigenvalue weighted by Crippen LogP contribution is -2.59. The van der Waals surface area contributed by atoms with Crippen LogP contribution in [0, 0.1) is 5.92 Å². The van der Waals surface area contributed by atoms with Gasteiger partial charge in [0, 0.05) is 28.9 Å². The Morgan fingerprint density at radius 1 is 1.41 bits per heavy atom. The smallest absolute Gasteiger partial charge is 0.277 e. The molecule has 96 valence electrons. The first kappa shape index (κ1) is 13.8. The highest BCUT2D eigenvalue weighted by molar-refractivity contribution is 7.84. The molecule has 0 spiro atoms. The van der Waals surface area contributed by atoms with E-state index in [4.69, 9.17) is 0 Å². The van der Waals surface area contributed by atoms with Crippen LogP contribution in [0.1, 0.15) is 20.3 Å². The van der Waals surface area contributed by atoms with Crippen LogP contribution in [0.25, 0.3) is 0 Å². The Labute approximate surface area is 102 Å². The molecule has 3 unspecified atom stereocenters. The fourth-order valence-corrected chi connectivity index (χ4v) is 2.25. The van der Waals surface area contributed by atoms with Gasteiger partial charge in [-0.15, -0.1) is 0 Å². The molecule has 4 amide bonds. The molecule has 0 aromatic carbocycles. The Hall–Kier alpha value is -1.24. The molecular weight excluding hydrogens is 244 g/mol. The van der Waals surface area contributed by atoms with Crippen molar-refractivity contribution in [3.63, 3.8) is 0 Å². The van der Waals surface area contributed by atoms with Gasteiger partial charge < -0.3 is 0 Å². The maximum Gasteiger partial charge on any atom is 0.331 e. The van der Waals surface area contributed by atoms with Crippen molar-refractivity contribution < 1.29 is 18.6 Å². The van der Waals surface area contributed by atoms with Crippen LogP contribution in [-0.4, -0.2) is 45.0 Å². The Bertz CT molecular complexity index is 383. The number of carbonyl (C=O) groups excluding carboxylic acids is 3. The molecule has 0 aliphatic carbocycles. The highest BCUT2D eigenvalue weighted by Crippen LogP contribution is 2.15. The van der Waals surface area contributed by atoms with Gasteiger partial charge in [0.1, 0.15) is 5.92 Å². The summed E-state index contributed by atoms with van der Waals surface area (Å²) in [6.45, 7) is 3.16. The van der Waals surface area contributed by atoms with Gasteiger partial charge in [0.2, 0.25) is 11.8 Å². The van der Waals surface area contributed by atoms with E-state index in [1.54, 1.807) is 13.2 Å². The SMILES string of the molecule is CC1C(=O)NC(=O)N(C(C)CCS(C)=O)C1=O. The third-order valence-corrected chi connectivity index (χ3v) is 3.52. The summed E-state index contributed by atoms with van der Waals surface area (Å²) in [5, 5.41) is 2.13. The predicted octanol–water partition coefficient (Wildman–Crippen LogP) is -0.142.